The molecule has 1 aromatic rings. The van der Waals surface area contributed by atoms with Crippen molar-refractivity contribution in [1.29, 1.82) is 0 Å². The minimum Gasteiger partial charge on any atom is -0.460 e. The number of esters is 1. The fraction of sp³-hybridized carbons (Fsp3) is 0.500. The van der Waals surface area contributed by atoms with Crippen molar-refractivity contribution < 1.29 is 14.3 Å². The lowest BCUT2D eigenvalue weighted by Crippen LogP contribution is -2.37. The van der Waals surface area contributed by atoms with Crippen molar-refractivity contribution in [3.63, 3.8) is 0 Å². The summed E-state index contributed by atoms with van der Waals surface area (Å²) in [5, 5.41) is 0. The lowest BCUT2D eigenvalue weighted by Gasteiger charge is -2.27. The molecule has 0 radical (unpaired) electrons. The van der Waals surface area contributed by atoms with Crippen LogP contribution in [0.2, 0.25) is 0 Å². The quantitative estimate of drug-likeness (QED) is 0.737. The minimum atomic E-state index is -1.04. The number of benzene rings is 1. The smallest absolute Gasteiger partial charge is 0.343 e. The monoisotopic (exact) mass is 236 g/mol. The highest BCUT2D eigenvalue weighted by Gasteiger charge is 2.37. The van der Waals surface area contributed by atoms with E-state index in [4.69, 9.17) is 9.47 Å². The van der Waals surface area contributed by atoms with E-state index in [0.717, 1.165) is 12.0 Å². The highest BCUT2D eigenvalue weighted by atomic mass is 16.6. The molecule has 0 spiro atoms. The first-order chi connectivity index (χ1) is 8.04. The molecule has 0 heterocycles. The summed E-state index contributed by atoms with van der Waals surface area (Å²) in [5.41, 5.74) is -0.235. The van der Waals surface area contributed by atoms with Gasteiger partial charge >= 0.3 is 5.97 Å². The second-order valence-corrected chi connectivity index (χ2v) is 4.23. The molecular formula is C14H20O3. The van der Waals surface area contributed by atoms with E-state index in [-0.39, 0.29) is 12.1 Å². The summed E-state index contributed by atoms with van der Waals surface area (Å²) < 4.78 is 10.7. The van der Waals surface area contributed by atoms with Crippen LogP contribution in [0.15, 0.2) is 30.3 Å². The van der Waals surface area contributed by atoms with Gasteiger partial charge < -0.3 is 9.47 Å². The lowest BCUT2D eigenvalue weighted by atomic mass is 9.96. The summed E-state index contributed by atoms with van der Waals surface area (Å²) in [5.74, 6) is -0.347. The fourth-order valence-electron chi connectivity index (χ4n) is 1.45. The van der Waals surface area contributed by atoms with Crippen LogP contribution in [0.5, 0.6) is 0 Å². The van der Waals surface area contributed by atoms with E-state index in [1.807, 2.05) is 44.2 Å². The molecule has 94 valence electrons. The van der Waals surface area contributed by atoms with E-state index in [9.17, 15) is 4.79 Å². The summed E-state index contributed by atoms with van der Waals surface area (Å²) in [4.78, 5) is 12.1. The average Bonchev–Trinajstić information content (AvgIpc) is 2.38. The van der Waals surface area contributed by atoms with E-state index in [0.29, 0.717) is 0 Å². The summed E-state index contributed by atoms with van der Waals surface area (Å²) in [6.07, 6.45) is 0.695. The number of rotatable bonds is 5. The number of hydrogen-bond acceptors (Lipinski definition) is 3. The molecule has 17 heavy (non-hydrogen) atoms. The summed E-state index contributed by atoms with van der Waals surface area (Å²) in [7, 11) is 1.52. The van der Waals surface area contributed by atoms with Gasteiger partial charge in [-0.15, -0.1) is 0 Å². The number of carbonyl (C=O) groups excluding carboxylic acids is 1. The molecule has 1 aromatic carbocycles. The largest absolute Gasteiger partial charge is 0.460 e. The summed E-state index contributed by atoms with van der Waals surface area (Å²) in [6, 6.07) is 9.38. The normalized spacial score (nSPS) is 16.0. The molecule has 3 heteroatoms. The van der Waals surface area contributed by atoms with Crippen molar-refractivity contribution in [2.75, 3.05) is 7.11 Å². The molecule has 0 aliphatic rings. The van der Waals surface area contributed by atoms with E-state index in [2.05, 4.69) is 0 Å². The molecule has 0 saturated heterocycles. The Morgan fingerprint density at radius 1 is 1.35 bits per heavy atom. The van der Waals surface area contributed by atoms with Crippen molar-refractivity contribution in [1.82, 2.24) is 0 Å². The summed E-state index contributed by atoms with van der Waals surface area (Å²) >= 11 is 0. The molecule has 3 nitrogen and oxygen atoms in total. The van der Waals surface area contributed by atoms with Crippen LogP contribution in [0.1, 0.15) is 32.8 Å². The van der Waals surface area contributed by atoms with Gasteiger partial charge in [0.25, 0.3) is 0 Å². The van der Waals surface area contributed by atoms with Crippen LogP contribution >= 0.6 is 0 Å². The average molecular weight is 236 g/mol. The standard InChI is InChI=1S/C14H20O3/c1-5-11(2)17-13(15)14(3,16-4)12-9-7-6-8-10-12/h6-11H,5H2,1-4H3/t11?,14-/m0/s1. The molecule has 0 aliphatic carbocycles. The Balaban J connectivity index is 2.92. The van der Waals surface area contributed by atoms with Crippen molar-refractivity contribution >= 4 is 5.97 Å². The molecule has 0 fully saturated rings. The van der Waals surface area contributed by atoms with Gasteiger partial charge in [0.1, 0.15) is 0 Å². The van der Waals surface area contributed by atoms with Gasteiger partial charge in [0.05, 0.1) is 6.10 Å². The van der Waals surface area contributed by atoms with Crippen LogP contribution < -0.4 is 0 Å². The van der Waals surface area contributed by atoms with Crippen LogP contribution in [0.3, 0.4) is 0 Å². The Labute approximate surface area is 103 Å². The van der Waals surface area contributed by atoms with Gasteiger partial charge in [0.2, 0.25) is 0 Å². The first-order valence-electron chi connectivity index (χ1n) is 5.86. The zero-order chi connectivity index (χ0) is 12.9. The molecule has 0 N–H and O–H groups in total. The predicted molar refractivity (Wildman–Crippen MR) is 66.6 cm³/mol. The van der Waals surface area contributed by atoms with Crippen LogP contribution in [0.4, 0.5) is 0 Å². The van der Waals surface area contributed by atoms with Crippen molar-refractivity contribution in [2.45, 2.75) is 38.9 Å². The Kier molecular flexibility index (Phi) is 4.70. The Morgan fingerprint density at radius 3 is 2.41 bits per heavy atom. The third-order valence-electron chi connectivity index (χ3n) is 3.01. The Bertz CT molecular complexity index is 361. The van der Waals surface area contributed by atoms with Crippen LogP contribution in [0, 0.1) is 0 Å². The van der Waals surface area contributed by atoms with Crippen LogP contribution in [-0.2, 0) is 19.9 Å². The first-order valence-corrected chi connectivity index (χ1v) is 5.86. The Morgan fingerprint density at radius 2 is 1.94 bits per heavy atom. The fourth-order valence-corrected chi connectivity index (χ4v) is 1.45. The van der Waals surface area contributed by atoms with Gasteiger partial charge in [0, 0.05) is 7.11 Å². The zero-order valence-electron chi connectivity index (χ0n) is 10.9. The Hall–Kier alpha value is -1.35. The zero-order valence-corrected chi connectivity index (χ0v) is 10.9. The molecule has 0 aromatic heterocycles. The minimum absolute atomic E-state index is 0.0966. The number of hydrogen-bond donors (Lipinski definition) is 0. The molecule has 2 atom stereocenters. The number of ether oxygens (including phenoxy) is 2. The maximum Gasteiger partial charge on any atom is 0.343 e. The van der Waals surface area contributed by atoms with Crippen molar-refractivity contribution in [3.8, 4) is 0 Å². The molecule has 0 saturated carbocycles. The van der Waals surface area contributed by atoms with Gasteiger partial charge in [-0.25, -0.2) is 4.79 Å². The second-order valence-electron chi connectivity index (χ2n) is 4.23. The predicted octanol–water partition coefficient (Wildman–Crippen LogP) is 2.89. The first kappa shape index (κ1) is 13.7. The third kappa shape index (κ3) is 3.07. The molecule has 0 amide bonds. The van der Waals surface area contributed by atoms with Gasteiger partial charge in [-0.1, -0.05) is 37.3 Å². The highest BCUT2D eigenvalue weighted by molar-refractivity contribution is 5.81. The van der Waals surface area contributed by atoms with E-state index in [1.165, 1.54) is 7.11 Å². The topological polar surface area (TPSA) is 35.5 Å². The maximum absolute atomic E-state index is 12.1. The lowest BCUT2D eigenvalue weighted by molar-refractivity contribution is -0.173. The molecule has 0 aliphatic heterocycles. The van der Waals surface area contributed by atoms with Crippen molar-refractivity contribution in [3.05, 3.63) is 35.9 Å². The van der Waals surface area contributed by atoms with Gasteiger partial charge in [-0.3, -0.25) is 0 Å². The molecule has 0 bridgehead atoms. The molecule has 1 rings (SSSR count). The van der Waals surface area contributed by atoms with Gasteiger partial charge in [0.15, 0.2) is 5.60 Å². The van der Waals surface area contributed by atoms with E-state index >= 15 is 0 Å². The molecular weight excluding hydrogens is 216 g/mol. The van der Waals surface area contributed by atoms with Crippen LogP contribution in [0.25, 0.3) is 0 Å². The second kappa shape index (κ2) is 5.82. The van der Waals surface area contributed by atoms with Gasteiger partial charge in [-0.05, 0) is 25.8 Å². The third-order valence-corrected chi connectivity index (χ3v) is 3.01. The molecule has 1 unspecified atom stereocenters. The van der Waals surface area contributed by atoms with E-state index in [1.54, 1.807) is 6.92 Å². The maximum atomic E-state index is 12.1. The number of carbonyl (C=O) groups is 1. The summed E-state index contributed by atoms with van der Waals surface area (Å²) in [6.45, 7) is 5.58. The van der Waals surface area contributed by atoms with Crippen LogP contribution in [-0.4, -0.2) is 19.2 Å². The van der Waals surface area contributed by atoms with Crippen molar-refractivity contribution in [2.24, 2.45) is 0 Å². The van der Waals surface area contributed by atoms with E-state index < -0.39 is 5.60 Å². The highest BCUT2D eigenvalue weighted by Crippen LogP contribution is 2.26. The number of methoxy groups -OCH3 is 1. The SMILES string of the molecule is CCC(C)OC(=O)[C@@](C)(OC)c1ccccc1. The van der Waals surface area contributed by atoms with Gasteiger partial charge in [-0.2, -0.15) is 0 Å².